The number of aromatic nitrogens is 2. The van der Waals surface area contributed by atoms with Gasteiger partial charge in [-0.2, -0.15) is 0 Å². The third-order valence-corrected chi connectivity index (χ3v) is 6.32. The number of ether oxygens (including phenoxy) is 2. The van der Waals surface area contributed by atoms with Gasteiger partial charge in [-0.3, -0.25) is 4.79 Å². The van der Waals surface area contributed by atoms with Gasteiger partial charge in [-0.05, 0) is 30.2 Å². The van der Waals surface area contributed by atoms with Crippen LogP contribution in [0.2, 0.25) is 0 Å². The second kappa shape index (κ2) is 7.11. The third kappa shape index (κ3) is 2.95. The highest BCUT2D eigenvalue weighted by Crippen LogP contribution is 2.46. The van der Waals surface area contributed by atoms with Crippen LogP contribution in [0, 0.1) is 11.6 Å². The normalized spacial score (nSPS) is 23.2. The van der Waals surface area contributed by atoms with E-state index in [0.29, 0.717) is 42.3 Å². The molecule has 1 aromatic heterocycles. The van der Waals surface area contributed by atoms with Gasteiger partial charge in [0.05, 0.1) is 37.0 Å². The lowest BCUT2D eigenvalue weighted by Gasteiger charge is -2.39. The minimum atomic E-state index is -1.35. The van der Waals surface area contributed by atoms with E-state index in [4.69, 9.17) is 9.47 Å². The second-order valence-electron chi connectivity index (χ2n) is 7.63. The molecule has 1 N–H and O–H groups in total. The summed E-state index contributed by atoms with van der Waals surface area (Å²) in [6.45, 7) is 1.19. The van der Waals surface area contributed by atoms with Gasteiger partial charge in [-0.15, -0.1) is 0 Å². The zero-order valence-corrected chi connectivity index (χ0v) is 17.3. The molecular weight excluding hydrogens is 462 g/mol. The van der Waals surface area contributed by atoms with Crippen molar-refractivity contribution >= 4 is 32.9 Å². The van der Waals surface area contributed by atoms with E-state index in [1.807, 2.05) is 0 Å². The van der Waals surface area contributed by atoms with Crippen LogP contribution < -0.4 is 0 Å². The minimum Gasteiger partial charge on any atom is -0.481 e. The lowest BCUT2D eigenvalue weighted by atomic mass is 9.72. The van der Waals surface area contributed by atoms with Gasteiger partial charge in [0.25, 0.3) is 0 Å². The van der Waals surface area contributed by atoms with Crippen LogP contribution in [0.25, 0.3) is 22.4 Å². The van der Waals surface area contributed by atoms with Gasteiger partial charge in [0.15, 0.2) is 11.6 Å². The molecular formula is C21H17BrF2N2O4. The van der Waals surface area contributed by atoms with E-state index < -0.39 is 29.1 Å². The monoisotopic (exact) mass is 478 g/mol. The first-order chi connectivity index (χ1) is 14.4. The van der Waals surface area contributed by atoms with Gasteiger partial charge < -0.3 is 19.1 Å². The average molecular weight is 479 g/mol. The first kappa shape index (κ1) is 19.6. The van der Waals surface area contributed by atoms with Crippen LogP contribution in [0.5, 0.6) is 0 Å². The van der Waals surface area contributed by atoms with Gasteiger partial charge >= 0.3 is 5.97 Å². The molecule has 0 spiro atoms. The smallest absolute Gasteiger partial charge is 0.316 e. The van der Waals surface area contributed by atoms with Crippen molar-refractivity contribution in [2.24, 2.45) is 0 Å². The van der Waals surface area contributed by atoms with Crippen LogP contribution in [-0.2, 0) is 26.2 Å². The molecule has 9 heteroatoms. The van der Waals surface area contributed by atoms with E-state index in [1.54, 1.807) is 22.8 Å². The summed E-state index contributed by atoms with van der Waals surface area (Å²) in [4.78, 5) is 17.2. The number of nitrogens with zero attached hydrogens (tertiary/aromatic N) is 2. The zero-order chi connectivity index (χ0) is 21.0. The molecule has 2 aliphatic heterocycles. The maximum atomic E-state index is 14.0. The van der Waals surface area contributed by atoms with Crippen molar-refractivity contribution in [1.29, 1.82) is 0 Å². The Kier molecular flexibility index (Phi) is 4.64. The lowest BCUT2D eigenvalue weighted by Crippen LogP contribution is -2.47. The quantitative estimate of drug-likeness (QED) is 0.618. The summed E-state index contributed by atoms with van der Waals surface area (Å²) in [5.74, 6) is -2.54. The topological polar surface area (TPSA) is 73.6 Å². The summed E-state index contributed by atoms with van der Waals surface area (Å²) >= 11 is 3.43. The first-order valence-corrected chi connectivity index (χ1v) is 10.3. The number of aliphatic carboxylic acids is 1. The maximum Gasteiger partial charge on any atom is 0.316 e. The molecule has 2 atom stereocenters. The Bertz CT molecular complexity index is 1180. The molecule has 156 valence electrons. The first-order valence-electron chi connectivity index (χ1n) is 9.47. The van der Waals surface area contributed by atoms with Crippen molar-refractivity contribution in [2.75, 3.05) is 19.8 Å². The molecule has 0 amide bonds. The highest BCUT2D eigenvalue weighted by Gasteiger charge is 2.48. The fourth-order valence-corrected chi connectivity index (χ4v) is 4.80. The number of benzene rings is 2. The Morgan fingerprint density at radius 1 is 1.27 bits per heavy atom. The van der Waals surface area contributed by atoms with E-state index in [-0.39, 0.29) is 18.5 Å². The molecule has 3 aromatic rings. The fourth-order valence-electron chi connectivity index (χ4n) is 4.44. The second-order valence-corrected chi connectivity index (χ2v) is 8.54. The van der Waals surface area contributed by atoms with Crippen molar-refractivity contribution in [3.05, 3.63) is 52.0 Å². The average Bonchev–Trinajstić information content (AvgIpc) is 3.06. The highest BCUT2D eigenvalue weighted by molar-refractivity contribution is 9.10. The number of fused-ring (bicyclic) bond motifs is 5. The van der Waals surface area contributed by atoms with Crippen LogP contribution in [0.4, 0.5) is 8.78 Å². The van der Waals surface area contributed by atoms with Gasteiger partial charge in [-0.1, -0.05) is 15.9 Å². The number of hydrogen-bond donors (Lipinski definition) is 1. The molecule has 3 heterocycles. The van der Waals surface area contributed by atoms with Crippen molar-refractivity contribution in [1.82, 2.24) is 9.55 Å². The lowest BCUT2D eigenvalue weighted by molar-refractivity contribution is -0.150. The highest BCUT2D eigenvalue weighted by atomic mass is 79.9. The number of carboxylic acid groups (broad SMARTS) is 1. The Hall–Kier alpha value is -2.36. The summed E-state index contributed by atoms with van der Waals surface area (Å²) in [6, 6.07) is 7.45. The number of carbonyl (C=O) groups is 1. The summed E-state index contributed by atoms with van der Waals surface area (Å²) < 4.78 is 41.4. The van der Waals surface area contributed by atoms with Crippen LogP contribution in [0.15, 0.2) is 34.8 Å². The molecule has 6 nitrogen and oxygen atoms in total. The summed E-state index contributed by atoms with van der Waals surface area (Å²) in [5.41, 5.74) is 0.471. The van der Waals surface area contributed by atoms with Crippen LogP contribution in [0.3, 0.4) is 0 Å². The van der Waals surface area contributed by atoms with Crippen molar-refractivity contribution in [3.63, 3.8) is 0 Å². The van der Waals surface area contributed by atoms with Crippen LogP contribution in [-0.4, -0.2) is 46.6 Å². The predicted molar refractivity (Wildman–Crippen MR) is 107 cm³/mol. The fraction of sp³-hybridized carbons (Fsp3) is 0.333. The maximum absolute atomic E-state index is 14.0. The molecule has 30 heavy (non-hydrogen) atoms. The van der Waals surface area contributed by atoms with Gasteiger partial charge in [0.2, 0.25) is 0 Å². The predicted octanol–water partition coefficient (Wildman–Crippen LogP) is 3.89. The standard InChI is InChI=1S/C21H17BrF2N2O4/c22-11-1-2-13-14(5-11)21(20(27)28,8-12-9-29-3-4-30-12)10-26-18-7-16(24)15(23)6-17(18)25-19(13)26/h1-2,5-7,12H,3-4,8-10H2,(H,27,28). The number of rotatable bonds is 3. The van der Waals surface area contributed by atoms with Crippen molar-refractivity contribution < 1.29 is 28.2 Å². The SMILES string of the molecule is O=C(O)C1(CC2COCCO2)Cn2c(nc3cc(F)c(F)cc32)-c2ccc(Br)cc21. The van der Waals surface area contributed by atoms with Gasteiger partial charge in [-0.25, -0.2) is 13.8 Å². The van der Waals surface area contributed by atoms with Crippen LogP contribution >= 0.6 is 15.9 Å². The summed E-state index contributed by atoms with van der Waals surface area (Å²) in [6.07, 6.45) is -0.221. The molecule has 0 saturated carbocycles. The molecule has 0 aliphatic carbocycles. The minimum absolute atomic E-state index is 0.0164. The Balaban J connectivity index is 1.75. The van der Waals surface area contributed by atoms with Crippen LogP contribution in [0.1, 0.15) is 12.0 Å². The van der Waals surface area contributed by atoms with E-state index in [0.717, 1.165) is 16.6 Å². The van der Waals surface area contributed by atoms with Gasteiger partial charge in [0, 0.05) is 28.7 Å². The molecule has 0 radical (unpaired) electrons. The molecule has 0 bridgehead atoms. The summed E-state index contributed by atoms with van der Waals surface area (Å²) in [7, 11) is 0. The molecule has 5 rings (SSSR count). The number of imidazole rings is 1. The number of hydrogen-bond acceptors (Lipinski definition) is 4. The van der Waals surface area contributed by atoms with E-state index in [2.05, 4.69) is 20.9 Å². The molecule has 1 saturated heterocycles. The van der Waals surface area contributed by atoms with E-state index in [9.17, 15) is 18.7 Å². The number of halogens is 3. The third-order valence-electron chi connectivity index (χ3n) is 5.83. The Morgan fingerprint density at radius 3 is 2.80 bits per heavy atom. The van der Waals surface area contributed by atoms with E-state index >= 15 is 0 Å². The van der Waals surface area contributed by atoms with Gasteiger partial charge in [0.1, 0.15) is 11.2 Å². The van der Waals surface area contributed by atoms with Crippen molar-refractivity contribution in [2.45, 2.75) is 24.5 Å². The molecule has 1 fully saturated rings. The van der Waals surface area contributed by atoms with E-state index in [1.165, 1.54) is 0 Å². The Morgan fingerprint density at radius 2 is 2.07 bits per heavy atom. The molecule has 2 unspecified atom stereocenters. The molecule has 2 aromatic carbocycles. The number of carboxylic acids is 1. The van der Waals surface area contributed by atoms with Crippen molar-refractivity contribution in [3.8, 4) is 11.4 Å². The summed E-state index contributed by atoms with van der Waals surface area (Å²) in [5, 5.41) is 10.4. The zero-order valence-electron chi connectivity index (χ0n) is 15.7. The largest absolute Gasteiger partial charge is 0.481 e. The molecule has 2 aliphatic rings. The Labute approximate surface area is 178 Å².